The van der Waals surface area contributed by atoms with E-state index in [9.17, 15) is 14.4 Å². The minimum absolute atomic E-state index is 0.231. The van der Waals surface area contributed by atoms with Gasteiger partial charge in [0, 0.05) is 25.2 Å². The Hall–Kier alpha value is -4.08. The van der Waals surface area contributed by atoms with Crippen molar-refractivity contribution in [2.45, 2.75) is 6.92 Å². The second-order valence-electron chi connectivity index (χ2n) is 6.48. The minimum atomic E-state index is -0.481. The number of aryl methyl sites for hydroxylation is 2. The number of fused-ring (bicyclic) bond motifs is 1. The van der Waals surface area contributed by atoms with Crippen LogP contribution in [-0.2, 0) is 14.1 Å². The van der Waals surface area contributed by atoms with Crippen molar-refractivity contribution in [3.05, 3.63) is 68.8 Å². The Kier molecular flexibility index (Phi) is 4.30. The van der Waals surface area contributed by atoms with E-state index in [1.54, 1.807) is 31.2 Å². The van der Waals surface area contributed by atoms with E-state index < -0.39 is 11.2 Å². The molecular weight excluding hydrogens is 376 g/mol. The standard InChI is InChI=1S/C19H16N6O4/c1-10-21-17(29-23-10)12-6-4-11(5-7-12)16(26)22-13-8-14-15(20-9-13)24(2)19(28)25(3)18(14)27/h4-9H,1-3H3,(H,22,26). The van der Waals surface area contributed by atoms with Crippen LogP contribution in [0.2, 0.25) is 0 Å². The molecule has 1 amide bonds. The van der Waals surface area contributed by atoms with Crippen LogP contribution in [0.25, 0.3) is 22.5 Å². The van der Waals surface area contributed by atoms with Gasteiger partial charge in [-0.2, -0.15) is 4.98 Å². The number of nitrogens with zero attached hydrogens (tertiary/aromatic N) is 5. The molecule has 10 heteroatoms. The molecule has 0 spiro atoms. The Morgan fingerprint density at radius 3 is 2.48 bits per heavy atom. The van der Waals surface area contributed by atoms with Gasteiger partial charge in [-0.25, -0.2) is 9.78 Å². The number of aromatic nitrogens is 5. The first-order chi connectivity index (χ1) is 13.8. The quantitative estimate of drug-likeness (QED) is 0.556. The molecule has 0 aliphatic rings. The van der Waals surface area contributed by atoms with Crippen LogP contribution in [0, 0.1) is 6.92 Å². The van der Waals surface area contributed by atoms with Crippen molar-refractivity contribution in [2.24, 2.45) is 14.1 Å². The molecule has 4 rings (SSSR count). The minimum Gasteiger partial charge on any atom is -0.334 e. The summed E-state index contributed by atoms with van der Waals surface area (Å²) in [5, 5.41) is 6.67. The van der Waals surface area contributed by atoms with E-state index in [1.165, 1.54) is 30.9 Å². The fourth-order valence-electron chi connectivity index (χ4n) is 2.92. The number of anilines is 1. The van der Waals surface area contributed by atoms with Gasteiger partial charge in [-0.05, 0) is 37.3 Å². The highest BCUT2D eigenvalue weighted by molar-refractivity contribution is 6.05. The number of pyridine rings is 1. The molecule has 146 valence electrons. The summed E-state index contributed by atoms with van der Waals surface area (Å²) in [5.41, 5.74) is 0.733. The molecule has 0 radical (unpaired) electrons. The third-order valence-corrected chi connectivity index (χ3v) is 4.47. The summed E-state index contributed by atoms with van der Waals surface area (Å²) < 4.78 is 7.37. The van der Waals surface area contributed by atoms with Crippen molar-refractivity contribution >= 4 is 22.6 Å². The van der Waals surface area contributed by atoms with Crippen LogP contribution in [0.4, 0.5) is 5.69 Å². The summed E-state index contributed by atoms with van der Waals surface area (Å²) in [6, 6.07) is 8.15. The summed E-state index contributed by atoms with van der Waals surface area (Å²) in [6.45, 7) is 1.72. The third-order valence-electron chi connectivity index (χ3n) is 4.47. The van der Waals surface area contributed by atoms with Gasteiger partial charge in [0.05, 0.1) is 17.3 Å². The maximum atomic E-state index is 12.5. The van der Waals surface area contributed by atoms with E-state index in [0.29, 0.717) is 28.5 Å². The Morgan fingerprint density at radius 2 is 1.83 bits per heavy atom. The second-order valence-corrected chi connectivity index (χ2v) is 6.48. The average Bonchev–Trinajstić information content (AvgIpc) is 3.17. The lowest BCUT2D eigenvalue weighted by Gasteiger charge is -2.09. The van der Waals surface area contributed by atoms with Crippen LogP contribution in [0.5, 0.6) is 0 Å². The Balaban J connectivity index is 1.62. The monoisotopic (exact) mass is 392 g/mol. The lowest BCUT2D eigenvalue weighted by Crippen LogP contribution is -2.37. The molecule has 3 heterocycles. The van der Waals surface area contributed by atoms with E-state index in [0.717, 1.165) is 4.57 Å². The molecule has 0 fully saturated rings. The molecule has 0 bridgehead atoms. The van der Waals surface area contributed by atoms with Gasteiger partial charge in [0.2, 0.25) is 0 Å². The lowest BCUT2D eigenvalue weighted by atomic mass is 10.1. The maximum absolute atomic E-state index is 12.5. The van der Waals surface area contributed by atoms with Gasteiger partial charge in [-0.3, -0.25) is 18.7 Å². The van der Waals surface area contributed by atoms with Crippen LogP contribution >= 0.6 is 0 Å². The predicted molar refractivity (Wildman–Crippen MR) is 105 cm³/mol. The van der Waals surface area contributed by atoms with Gasteiger partial charge in [0.25, 0.3) is 17.4 Å². The molecule has 29 heavy (non-hydrogen) atoms. The lowest BCUT2D eigenvalue weighted by molar-refractivity contribution is 0.102. The highest BCUT2D eigenvalue weighted by Crippen LogP contribution is 2.19. The van der Waals surface area contributed by atoms with Gasteiger partial charge < -0.3 is 9.84 Å². The number of hydrogen-bond acceptors (Lipinski definition) is 7. The topological polar surface area (TPSA) is 125 Å². The molecule has 0 saturated heterocycles. The van der Waals surface area contributed by atoms with E-state index >= 15 is 0 Å². The van der Waals surface area contributed by atoms with Crippen LogP contribution in [-0.4, -0.2) is 30.2 Å². The Bertz CT molecular complexity index is 1360. The zero-order chi connectivity index (χ0) is 20.7. The van der Waals surface area contributed by atoms with E-state index in [2.05, 4.69) is 20.4 Å². The number of amides is 1. The van der Waals surface area contributed by atoms with Crippen LogP contribution in [0.1, 0.15) is 16.2 Å². The van der Waals surface area contributed by atoms with E-state index in [1.807, 2.05) is 0 Å². The molecule has 1 N–H and O–H groups in total. The summed E-state index contributed by atoms with van der Waals surface area (Å²) >= 11 is 0. The van der Waals surface area contributed by atoms with Crippen LogP contribution in [0.15, 0.2) is 50.6 Å². The zero-order valence-electron chi connectivity index (χ0n) is 15.8. The Labute approximate surface area is 163 Å². The highest BCUT2D eigenvalue weighted by Gasteiger charge is 2.13. The molecular formula is C19H16N6O4. The van der Waals surface area contributed by atoms with Crippen molar-refractivity contribution in [1.82, 2.24) is 24.3 Å². The van der Waals surface area contributed by atoms with Gasteiger partial charge in [-0.15, -0.1) is 0 Å². The van der Waals surface area contributed by atoms with E-state index in [4.69, 9.17) is 4.52 Å². The largest absolute Gasteiger partial charge is 0.334 e. The molecule has 0 aliphatic heterocycles. The smallest absolute Gasteiger partial charge is 0.332 e. The van der Waals surface area contributed by atoms with Gasteiger partial charge in [0.15, 0.2) is 5.82 Å². The fourth-order valence-corrected chi connectivity index (χ4v) is 2.92. The normalized spacial score (nSPS) is 11.0. The first kappa shape index (κ1) is 18.3. The molecule has 0 atom stereocenters. The number of hydrogen-bond donors (Lipinski definition) is 1. The number of rotatable bonds is 3. The first-order valence-electron chi connectivity index (χ1n) is 8.63. The van der Waals surface area contributed by atoms with Crippen molar-refractivity contribution in [3.8, 4) is 11.5 Å². The number of carbonyl (C=O) groups excluding carboxylic acids is 1. The third kappa shape index (κ3) is 3.20. The molecule has 0 aliphatic carbocycles. The summed E-state index contributed by atoms with van der Waals surface area (Å²) in [5.74, 6) is 0.518. The molecule has 0 saturated carbocycles. The maximum Gasteiger partial charge on any atom is 0.332 e. The highest BCUT2D eigenvalue weighted by atomic mass is 16.5. The number of carbonyl (C=O) groups is 1. The second kappa shape index (κ2) is 6.82. The molecule has 0 unspecified atom stereocenters. The zero-order valence-corrected chi connectivity index (χ0v) is 15.8. The number of benzene rings is 1. The van der Waals surface area contributed by atoms with Crippen molar-refractivity contribution in [3.63, 3.8) is 0 Å². The molecule has 10 nitrogen and oxygen atoms in total. The Morgan fingerprint density at radius 1 is 1.10 bits per heavy atom. The van der Waals surface area contributed by atoms with Gasteiger partial charge in [0.1, 0.15) is 5.65 Å². The summed E-state index contributed by atoms with van der Waals surface area (Å²) in [7, 11) is 2.92. The van der Waals surface area contributed by atoms with Crippen molar-refractivity contribution in [1.29, 1.82) is 0 Å². The van der Waals surface area contributed by atoms with Gasteiger partial charge >= 0.3 is 5.69 Å². The molecule has 3 aromatic heterocycles. The molecule has 4 aromatic rings. The summed E-state index contributed by atoms with van der Waals surface area (Å²) in [4.78, 5) is 45.2. The fraction of sp³-hybridized carbons (Fsp3) is 0.158. The average molecular weight is 392 g/mol. The first-order valence-corrected chi connectivity index (χ1v) is 8.63. The van der Waals surface area contributed by atoms with Gasteiger partial charge in [-0.1, -0.05) is 5.16 Å². The summed E-state index contributed by atoms with van der Waals surface area (Å²) in [6.07, 6.45) is 1.40. The van der Waals surface area contributed by atoms with Crippen molar-refractivity contribution < 1.29 is 9.32 Å². The molecule has 1 aromatic carbocycles. The SMILES string of the molecule is Cc1noc(-c2ccc(C(=O)Nc3cnc4c(c3)c(=O)n(C)c(=O)n4C)cc2)n1. The predicted octanol–water partition coefficient (Wildman–Crippen LogP) is 1.24. The van der Waals surface area contributed by atoms with E-state index in [-0.39, 0.29) is 16.9 Å². The van der Waals surface area contributed by atoms with Crippen LogP contribution < -0.4 is 16.6 Å². The van der Waals surface area contributed by atoms with Crippen LogP contribution in [0.3, 0.4) is 0 Å². The number of nitrogens with one attached hydrogen (secondary N) is 1. The van der Waals surface area contributed by atoms with Crippen molar-refractivity contribution in [2.75, 3.05) is 5.32 Å².